The first-order valence-corrected chi connectivity index (χ1v) is 9.24. The van der Waals surface area contributed by atoms with Crippen molar-refractivity contribution in [2.24, 2.45) is 0 Å². The number of carbonyl (C=O) groups excluding carboxylic acids is 2. The highest BCUT2D eigenvalue weighted by Gasteiger charge is 2.12. The number of hydrogen-bond donors (Lipinski definition) is 3. The van der Waals surface area contributed by atoms with Crippen molar-refractivity contribution in [1.82, 2.24) is 10.6 Å². The molecule has 0 fully saturated rings. The maximum absolute atomic E-state index is 12.2. The summed E-state index contributed by atoms with van der Waals surface area (Å²) in [4.78, 5) is 24.2. The molecule has 0 unspecified atom stereocenters. The number of rotatable bonds is 10. The van der Waals surface area contributed by atoms with Crippen LogP contribution in [0.15, 0.2) is 48.5 Å². The van der Waals surface area contributed by atoms with Gasteiger partial charge in [0.15, 0.2) is 0 Å². The average Bonchev–Trinajstić information content (AvgIpc) is 2.68. The topological polar surface area (TPSA) is 79.5 Å². The third-order valence-electron chi connectivity index (χ3n) is 3.64. The normalized spacial score (nSPS) is 10.1. The molecule has 0 spiro atoms. The van der Waals surface area contributed by atoms with Crippen molar-refractivity contribution in [3.05, 3.63) is 59.1 Å². The molecule has 0 aromatic heterocycles. The first kappa shape index (κ1) is 20.6. The van der Waals surface area contributed by atoms with E-state index in [1.54, 1.807) is 18.2 Å². The molecule has 0 bridgehead atoms. The Morgan fingerprint density at radius 3 is 2.56 bits per heavy atom. The lowest BCUT2D eigenvalue weighted by atomic mass is 10.1. The predicted octanol–water partition coefficient (Wildman–Crippen LogP) is 3.09. The second kappa shape index (κ2) is 11.1. The third kappa shape index (κ3) is 7.19. The van der Waals surface area contributed by atoms with Crippen LogP contribution in [0, 0.1) is 0 Å². The van der Waals surface area contributed by atoms with Crippen LogP contribution >= 0.6 is 11.6 Å². The van der Waals surface area contributed by atoms with E-state index in [9.17, 15) is 9.59 Å². The van der Waals surface area contributed by atoms with E-state index in [1.165, 1.54) is 0 Å². The lowest BCUT2D eigenvalue weighted by Crippen LogP contribution is -2.33. The zero-order valence-electron chi connectivity index (χ0n) is 15.3. The van der Waals surface area contributed by atoms with Crippen LogP contribution < -0.4 is 20.7 Å². The molecule has 144 valence electrons. The highest BCUT2D eigenvalue weighted by atomic mass is 35.5. The number of amides is 2. The number of benzene rings is 2. The second-order valence-corrected chi connectivity index (χ2v) is 6.25. The fourth-order valence-corrected chi connectivity index (χ4v) is 2.48. The van der Waals surface area contributed by atoms with Gasteiger partial charge < -0.3 is 20.7 Å². The van der Waals surface area contributed by atoms with Gasteiger partial charge in [-0.05, 0) is 36.8 Å². The highest BCUT2D eigenvalue weighted by Crippen LogP contribution is 2.21. The van der Waals surface area contributed by atoms with Crippen molar-refractivity contribution in [3.8, 4) is 5.75 Å². The zero-order chi connectivity index (χ0) is 19.5. The van der Waals surface area contributed by atoms with Gasteiger partial charge in [0.2, 0.25) is 5.91 Å². The third-order valence-corrected chi connectivity index (χ3v) is 3.87. The summed E-state index contributed by atoms with van der Waals surface area (Å²) in [6, 6.07) is 14.3. The minimum Gasteiger partial charge on any atom is -0.492 e. The van der Waals surface area contributed by atoms with Crippen LogP contribution in [-0.2, 0) is 4.79 Å². The van der Waals surface area contributed by atoms with Gasteiger partial charge in [0.1, 0.15) is 12.4 Å². The standard InChI is InChI=1S/C20H24ClN3O3/c1-2-10-23-20(26)17-9-8-15(21)13-18(17)24-14-19(25)22-11-12-27-16-6-4-3-5-7-16/h3-9,13,24H,2,10-12,14H2,1H3,(H,22,25)(H,23,26). The molecule has 0 aliphatic carbocycles. The number of ether oxygens (including phenoxy) is 1. The van der Waals surface area contributed by atoms with Crippen molar-refractivity contribution in [2.45, 2.75) is 13.3 Å². The van der Waals surface area contributed by atoms with Gasteiger partial charge in [-0.15, -0.1) is 0 Å². The largest absolute Gasteiger partial charge is 0.492 e. The Morgan fingerprint density at radius 1 is 1.04 bits per heavy atom. The van der Waals surface area contributed by atoms with Crippen LogP contribution in [0.3, 0.4) is 0 Å². The highest BCUT2D eigenvalue weighted by molar-refractivity contribution is 6.31. The predicted molar refractivity (Wildman–Crippen MR) is 108 cm³/mol. The van der Waals surface area contributed by atoms with Crippen molar-refractivity contribution >= 4 is 29.1 Å². The van der Waals surface area contributed by atoms with E-state index in [-0.39, 0.29) is 18.4 Å². The molecule has 0 aliphatic heterocycles. The van der Waals surface area contributed by atoms with Crippen LogP contribution in [0.5, 0.6) is 5.75 Å². The first-order chi connectivity index (χ1) is 13.1. The van der Waals surface area contributed by atoms with Gasteiger partial charge in [0.05, 0.1) is 18.7 Å². The zero-order valence-corrected chi connectivity index (χ0v) is 16.0. The Bertz CT molecular complexity index is 753. The van der Waals surface area contributed by atoms with E-state index in [2.05, 4.69) is 16.0 Å². The van der Waals surface area contributed by atoms with Crippen LogP contribution in [0.4, 0.5) is 5.69 Å². The minimum atomic E-state index is -0.202. The van der Waals surface area contributed by atoms with Gasteiger partial charge >= 0.3 is 0 Å². The SMILES string of the molecule is CCCNC(=O)c1ccc(Cl)cc1NCC(=O)NCCOc1ccccc1. The second-order valence-electron chi connectivity index (χ2n) is 5.81. The molecule has 0 saturated heterocycles. The molecule has 3 N–H and O–H groups in total. The summed E-state index contributed by atoms with van der Waals surface area (Å²) in [5.74, 6) is 0.353. The lowest BCUT2D eigenvalue weighted by molar-refractivity contribution is -0.119. The molecule has 0 atom stereocenters. The van der Waals surface area contributed by atoms with Gasteiger partial charge in [-0.3, -0.25) is 9.59 Å². The first-order valence-electron chi connectivity index (χ1n) is 8.86. The fourth-order valence-electron chi connectivity index (χ4n) is 2.31. The monoisotopic (exact) mass is 389 g/mol. The maximum atomic E-state index is 12.2. The summed E-state index contributed by atoms with van der Waals surface area (Å²) in [7, 11) is 0. The van der Waals surface area contributed by atoms with Gasteiger partial charge in [-0.1, -0.05) is 36.7 Å². The molecule has 0 aliphatic rings. The van der Waals surface area contributed by atoms with Gasteiger partial charge in [-0.25, -0.2) is 0 Å². The molecular formula is C20H24ClN3O3. The van der Waals surface area contributed by atoms with E-state index < -0.39 is 0 Å². The molecule has 2 aromatic carbocycles. The Labute approximate surface area is 164 Å². The number of nitrogens with one attached hydrogen (secondary N) is 3. The Morgan fingerprint density at radius 2 is 1.81 bits per heavy atom. The van der Waals surface area contributed by atoms with Crippen LogP contribution in [-0.4, -0.2) is 38.1 Å². The van der Waals surface area contributed by atoms with E-state index in [4.69, 9.17) is 16.3 Å². The fraction of sp³-hybridized carbons (Fsp3) is 0.300. The summed E-state index contributed by atoms with van der Waals surface area (Å²) in [6.07, 6.45) is 0.843. The number of carbonyl (C=O) groups is 2. The van der Waals surface area contributed by atoms with Gasteiger partial charge in [-0.2, -0.15) is 0 Å². The number of halogens is 1. The summed E-state index contributed by atoms with van der Waals surface area (Å²) >= 11 is 6.01. The Balaban J connectivity index is 1.80. The summed E-state index contributed by atoms with van der Waals surface area (Å²) in [5.41, 5.74) is 0.972. The molecule has 0 heterocycles. The van der Waals surface area contributed by atoms with Gasteiger partial charge in [0.25, 0.3) is 5.91 Å². The van der Waals surface area contributed by atoms with Crippen LogP contribution in [0.25, 0.3) is 0 Å². The van der Waals surface area contributed by atoms with E-state index in [1.807, 2.05) is 37.3 Å². The number of hydrogen-bond acceptors (Lipinski definition) is 4. The number of anilines is 1. The molecule has 2 amide bonds. The van der Waals surface area contributed by atoms with Crippen LogP contribution in [0.2, 0.25) is 5.02 Å². The van der Waals surface area contributed by atoms with Crippen molar-refractivity contribution in [1.29, 1.82) is 0 Å². The molecule has 27 heavy (non-hydrogen) atoms. The van der Waals surface area contributed by atoms with Crippen molar-refractivity contribution in [3.63, 3.8) is 0 Å². The summed E-state index contributed by atoms with van der Waals surface area (Å²) in [5, 5.41) is 9.03. The van der Waals surface area contributed by atoms with E-state index in [0.717, 1.165) is 12.2 Å². The summed E-state index contributed by atoms with van der Waals surface area (Å²) < 4.78 is 5.52. The molecular weight excluding hydrogens is 366 g/mol. The summed E-state index contributed by atoms with van der Waals surface area (Å²) in [6.45, 7) is 3.35. The molecule has 2 aromatic rings. The average molecular weight is 390 g/mol. The lowest BCUT2D eigenvalue weighted by Gasteiger charge is -2.13. The number of para-hydroxylation sites is 1. The molecule has 2 rings (SSSR count). The maximum Gasteiger partial charge on any atom is 0.253 e. The van der Waals surface area contributed by atoms with E-state index in [0.29, 0.717) is 36.0 Å². The van der Waals surface area contributed by atoms with Crippen molar-refractivity contribution < 1.29 is 14.3 Å². The Hall–Kier alpha value is -2.73. The van der Waals surface area contributed by atoms with Gasteiger partial charge in [0, 0.05) is 17.3 Å². The van der Waals surface area contributed by atoms with E-state index >= 15 is 0 Å². The molecule has 0 radical (unpaired) electrons. The molecule has 7 heteroatoms. The quantitative estimate of drug-likeness (QED) is 0.545. The van der Waals surface area contributed by atoms with Crippen LogP contribution in [0.1, 0.15) is 23.7 Å². The smallest absolute Gasteiger partial charge is 0.253 e. The molecule has 0 saturated carbocycles. The minimum absolute atomic E-state index is 0.0275. The molecule has 6 nitrogen and oxygen atoms in total. The van der Waals surface area contributed by atoms with Crippen molar-refractivity contribution in [2.75, 3.05) is 31.6 Å². The Kier molecular flexibility index (Phi) is 8.45.